The lowest BCUT2D eigenvalue weighted by atomic mass is 9.93. The predicted molar refractivity (Wildman–Crippen MR) is 109 cm³/mol. The maximum absolute atomic E-state index is 12.9. The number of hydrogen-bond donors (Lipinski definition) is 0. The maximum atomic E-state index is 12.9. The fourth-order valence-electron chi connectivity index (χ4n) is 4.20. The molecule has 2 fully saturated rings. The summed E-state index contributed by atoms with van der Waals surface area (Å²) in [6.07, 6.45) is 3.13. The van der Waals surface area contributed by atoms with Crippen molar-refractivity contribution in [3.8, 4) is 0 Å². The van der Waals surface area contributed by atoms with E-state index in [4.69, 9.17) is 18.9 Å². The van der Waals surface area contributed by atoms with E-state index in [1.54, 1.807) is 0 Å². The molecule has 0 unspecified atom stereocenters. The summed E-state index contributed by atoms with van der Waals surface area (Å²) < 4.78 is 21.6. The van der Waals surface area contributed by atoms with Gasteiger partial charge in [0, 0.05) is 0 Å². The van der Waals surface area contributed by atoms with Crippen LogP contribution in [-0.4, -0.2) is 34.5 Å². The molecule has 0 radical (unpaired) electrons. The van der Waals surface area contributed by atoms with Crippen molar-refractivity contribution < 1.29 is 28.5 Å². The van der Waals surface area contributed by atoms with Gasteiger partial charge in [-0.3, -0.25) is 4.79 Å². The summed E-state index contributed by atoms with van der Waals surface area (Å²) in [5.41, 5.74) is 2.33. The van der Waals surface area contributed by atoms with Crippen LogP contribution in [0, 0.1) is 13.8 Å². The van der Waals surface area contributed by atoms with E-state index in [9.17, 15) is 9.59 Å². The Bertz CT molecular complexity index is 846. The zero-order valence-corrected chi connectivity index (χ0v) is 18.2. The number of ether oxygens (including phenoxy) is 4. The van der Waals surface area contributed by atoms with Crippen LogP contribution in [-0.2, 0) is 28.5 Å². The Morgan fingerprint density at radius 2 is 1.86 bits per heavy atom. The molecule has 3 aliphatic rings. The van der Waals surface area contributed by atoms with Crippen LogP contribution in [0.3, 0.4) is 0 Å². The third kappa shape index (κ3) is 3.59. The Balaban J connectivity index is 1.71. The molecule has 150 valence electrons. The maximum Gasteiger partial charge on any atom is 0.343 e. The van der Waals surface area contributed by atoms with Gasteiger partial charge in [-0.25, -0.2) is 4.79 Å². The standard InChI is InChI=1S/C21H23IO6/c1-13-5-6-15(14(2)11-13)17-18(20(28-19(17)24)7-3-4-8-20)27-16(23)12-21(22)25-9-10-26-21/h5-6,11H,3-4,7-10,12H2,1-2H3. The summed E-state index contributed by atoms with van der Waals surface area (Å²) >= 11 is 1.98. The molecule has 0 amide bonds. The Hall–Kier alpha value is -1.45. The van der Waals surface area contributed by atoms with Crippen LogP contribution >= 0.6 is 22.6 Å². The zero-order chi connectivity index (χ0) is 19.9. The highest BCUT2D eigenvalue weighted by atomic mass is 127. The molecule has 7 heteroatoms. The van der Waals surface area contributed by atoms with Crippen molar-refractivity contribution in [2.45, 2.75) is 55.3 Å². The summed E-state index contributed by atoms with van der Waals surface area (Å²) in [5.74, 6) is -0.558. The van der Waals surface area contributed by atoms with E-state index in [1.165, 1.54) is 0 Å². The molecular formula is C21H23IO6. The summed E-state index contributed by atoms with van der Waals surface area (Å²) in [7, 11) is 0. The Labute approximate surface area is 177 Å². The Morgan fingerprint density at radius 3 is 2.50 bits per heavy atom. The van der Waals surface area contributed by atoms with Crippen LogP contribution in [0.4, 0.5) is 0 Å². The van der Waals surface area contributed by atoms with Crippen LogP contribution < -0.4 is 0 Å². The molecule has 1 aromatic rings. The Morgan fingerprint density at radius 1 is 1.18 bits per heavy atom. The number of carbonyl (C=O) groups excluding carboxylic acids is 2. The van der Waals surface area contributed by atoms with Gasteiger partial charge in [-0.05, 0) is 73.2 Å². The van der Waals surface area contributed by atoms with Gasteiger partial charge in [-0.2, -0.15) is 0 Å². The van der Waals surface area contributed by atoms with Crippen molar-refractivity contribution in [2.24, 2.45) is 0 Å². The van der Waals surface area contributed by atoms with Crippen LogP contribution in [0.5, 0.6) is 0 Å². The Kier molecular flexibility index (Phi) is 5.26. The van der Waals surface area contributed by atoms with Gasteiger partial charge in [0.25, 0.3) is 0 Å². The number of carbonyl (C=O) groups is 2. The van der Waals surface area contributed by atoms with Gasteiger partial charge in [0.2, 0.25) is 3.79 Å². The zero-order valence-electron chi connectivity index (χ0n) is 16.0. The minimum Gasteiger partial charge on any atom is -0.447 e. The van der Waals surface area contributed by atoms with Gasteiger partial charge in [0.15, 0.2) is 11.4 Å². The lowest BCUT2D eigenvalue weighted by Crippen LogP contribution is -2.32. The number of rotatable bonds is 4. The molecule has 0 aromatic heterocycles. The fourth-order valence-corrected chi connectivity index (χ4v) is 4.95. The van der Waals surface area contributed by atoms with E-state index in [-0.39, 0.29) is 6.42 Å². The molecule has 2 aliphatic heterocycles. The fraction of sp³-hybridized carbons (Fsp3) is 0.524. The molecule has 0 atom stereocenters. The van der Waals surface area contributed by atoms with Crippen molar-refractivity contribution in [1.29, 1.82) is 0 Å². The van der Waals surface area contributed by atoms with Gasteiger partial charge in [-0.15, -0.1) is 0 Å². The first kappa shape index (κ1) is 19.8. The van der Waals surface area contributed by atoms with Crippen molar-refractivity contribution in [3.05, 3.63) is 40.6 Å². The van der Waals surface area contributed by atoms with Gasteiger partial charge >= 0.3 is 11.9 Å². The smallest absolute Gasteiger partial charge is 0.343 e. The summed E-state index contributed by atoms with van der Waals surface area (Å²) in [6, 6.07) is 5.85. The van der Waals surface area contributed by atoms with Crippen LogP contribution in [0.1, 0.15) is 48.8 Å². The molecule has 1 saturated carbocycles. The van der Waals surface area contributed by atoms with Crippen LogP contribution in [0.15, 0.2) is 24.0 Å². The van der Waals surface area contributed by atoms with Crippen LogP contribution in [0.25, 0.3) is 5.57 Å². The SMILES string of the molecule is Cc1ccc(C2=C(OC(=O)CC3(I)OCCO3)C3(CCCC3)OC2=O)c(C)c1. The molecule has 0 N–H and O–H groups in total. The average Bonchev–Trinajstić information content (AvgIpc) is 3.31. The van der Waals surface area contributed by atoms with Gasteiger partial charge in [0.1, 0.15) is 12.0 Å². The van der Waals surface area contributed by atoms with E-state index in [0.717, 1.165) is 29.5 Å². The largest absolute Gasteiger partial charge is 0.447 e. The second-order valence-corrected chi connectivity index (χ2v) is 9.26. The molecule has 4 rings (SSSR count). The quantitative estimate of drug-likeness (QED) is 0.356. The monoisotopic (exact) mass is 498 g/mol. The minimum atomic E-state index is -1.01. The van der Waals surface area contributed by atoms with Crippen molar-refractivity contribution >= 4 is 40.1 Å². The van der Waals surface area contributed by atoms with Crippen LogP contribution in [0.2, 0.25) is 0 Å². The molecule has 6 nitrogen and oxygen atoms in total. The third-order valence-electron chi connectivity index (χ3n) is 5.49. The second kappa shape index (κ2) is 7.42. The number of hydrogen-bond acceptors (Lipinski definition) is 6. The van der Waals surface area contributed by atoms with Crippen molar-refractivity contribution in [2.75, 3.05) is 13.2 Å². The second-order valence-electron chi connectivity index (χ2n) is 7.62. The van der Waals surface area contributed by atoms with Crippen molar-refractivity contribution in [1.82, 2.24) is 0 Å². The molecular weight excluding hydrogens is 475 g/mol. The van der Waals surface area contributed by atoms with E-state index in [1.807, 2.05) is 54.6 Å². The highest BCUT2D eigenvalue weighted by Crippen LogP contribution is 2.49. The highest BCUT2D eigenvalue weighted by Gasteiger charge is 2.53. The number of benzene rings is 1. The molecule has 1 aromatic carbocycles. The number of alkyl halides is 1. The lowest BCUT2D eigenvalue weighted by Gasteiger charge is -2.26. The normalized spacial score (nSPS) is 22.8. The first-order valence-electron chi connectivity index (χ1n) is 9.55. The topological polar surface area (TPSA) is 71.1 Å². The van der Waals surface area contributed by atoms with Gasteiger partial charge < -0.3 is 18.9 Å². The molecule has 28 heavy (non-hydrogen) atoms. The first-order chi connectivity index (χ1) is 13.3. The van der Waals surface area contributed by atoms with E-state index < -0.39 is 21.3 Å². The van der Waals surface area contributed by atoms with Gasteiger partial charge in [0.05, 0.1) is 13.2 Å². The lowest BCUT2D eigenvalue weighted by molar-refractivity contribution is -0.157. The molecule has 2 heterocycles. The van der Waals surface area contributed by atoms with E-state index >= 15 is 0 Å². The summed E-state index contributed by atoms with van der Waals surface area (Å²) in [6.45, 7) is 4.83. The first-order valence-corrected chi connectivity index (χ1v) is 10.6. The third-order valence-corrected chi connectivity index (χ3v) is 6.49. The molecule has 1 saturated heterocycles. The van der Waals surface area contributed by atoms with Crippen molar-refractivity contribution in [3.63, 3.8) is 0 Å². The predicted octanol–water partition coefficient (Wildman–Crippen LogP) is 3.95. The number of halogens is 1. The summed E-state index contributed by atoms with van der Waals surface area (Å²) in [5, 5.41) is 0. The molecule has 1 aliphatic carbocycles. The average molecular weight is 498 g/mol. The molecule has 0 bridgehead atoms. The number of esters is 2. The minimum absolute atomic E-state index is 0.0541. The highest BCUT2D eigenvalue weighted by molar-refractivity contribution is 14.1. The van der Waals surface area contributed by atoms with E-state index in [0.29, 0.717) is 37.4 Å². The van der Waals surface area contributed by atoms with E-state index in [2.05, 4.69) is 0 Å². The summed E-state index contributed by atoms with van der Waals surface area (Å²) in [4.78, 5) is 25.6. The van der Waals surface area contributed by atoms with Gasteiger partial charge in [-0.1, -0.05) is 23.8 Å². The number of aryl methyl sites for hydroxylation is 2. The molecule has 1 spiro atoms.